The average Bonchev–Trinajstić information content (AvgIpc) is 2.30. The molecule has 2 aromatic rings. The third-order valence-electron chi connectivity index (χ3n) is 2.00. The summed E-state index contributed by atoms with van der Waals surface area (Å²) in [5.74, 6) is -1.21. The Balaban J connectivity index is 2.31. The zero-order valence-electron chi connectivity index (χ0n) is 8.42. The predicted molar refractivity (Wildman–Crippen MR) is 63.8 cm³/mol. The molecule has 1 aromatic carbocycles. The van der Waals surface area contributed by atoms with Gasteiger partial charge < -0.3 is 11.1 Å². The van der Waals surface area contributed by atoms with Crippen LogP contribution in [0.5, 0.6) is 0 Å². The van der Waals surface area contributed by atoms with E-state index in [1.54, 1.807) is 0 Å². The molecule has 17 heavy (non-hydrogen) atoms. The Morgan fingerprint density at radius 3 is 2.65 bits per heavy atom. The minimum absolute atomic E-state index is 0.255. The quantitative estimate of drug-likeness (QED) is 0.895. The zero-order valence-corrected chi connectivity index (χ0v) is 10.0. The summed E-state index contributed by atoms with van der Waals surface area (Å²) in [5, 5.41) is 2.80. The molecule has 0 bridgehead atoms. The highest BCUT2D eigenvalue weighted by Gasteiger charge is 2.08. The van der Waals surface area contributed by atoms with Crippen LogP contribution in [0.25, 0.3) is 0 Å². The smallest absolute Gasteiger partial charge is 0.160 e. The van der Waals surface area contributed by atoms with Crippen LogP contribution in [0.1, 0.15) is 0 Å². The van der Waals surface area contributed by atoms with E-state index in [4.69, 9.17) is 5.73 Å². The summed E-state index contributed by atoms with van der Waals surface area (Å²) < 4.78 is 26.2. The number of halogens is 3. The summed E-state index contributed by atoms with van der Waals surface area (Å²) in [6.45, 7) is 0. The van der Waals surface area contributed by atoms with E-state index in [-0.39, 0.29) is 5.82 Å². The van der Waals surface area contributed by atoms with Crippen LogP contribution >= 0.6 is 15.9 Å². The second-order valence-corrected chi connectivity index (χ2v) is 3.97. The summed E-state index contributed by atoms with van der Waals surface area (Å²) in [6, 6.07) is 3.44. The predicted octanol–water partition coefficient (Wildman–Crippen LogP) is 2.84. The van der Waals surface area contributed by atoms with Crippen molar-refractivity contribution < 1.29 is 8.78 Å². The van der Waals surface area contributed by atoms with Crippen LogP contribution in [0.4, 0.5) is 26.1 Å². The van der Waals surface area contributed by atoms with Crippen molar-refractivity contribution in [1.29, 1.82) is 0 Å². The van der Waals surface area contributed by atoms with Gasteiger partial charge in [-0.25, -0.2) is 18.7 Å². The Kier molecular flexibility index (Phi) is 3.19. The molecule has 4 nitrogen and oxygen atoms in total. The van der Waals surface area contributed by atoms with Crippen molar-refractivity contribution in [2.45, 2.75) is 0 Å². The molecule has 0 saturated heterocycles. The summed E-state index contributed by atoms with van der Waals surface area (Å²) in [6.07, 6.45) is 1.27. The molecule has 0 saturated carbocycles. The first-order valence-corrected chi connectivity index (χ1v) is 5.35. The third kappa shape index (κ3) is 2.50. The van der Waals surface area contributed by atoms with Gasteiger partial charge in [0.15, 0.2) is 11.6 Å². The van der Waals surface area contributed by atoms with Gasteiger partial charge >= 0.3 is 0 Å². The fourth-order valence-corrected chi connectivity index (χ4v) is 1.49. The molecule has 0 aliphatic heterocycles. The Bertz CT molecular complexity index is 562. The topological polar surface area (TPSA) is 63.8 Å². The summed E-state index contributed by atoms with van der Waals surface area (Å²) >= 11 is 3.19. The number of aromatic nitrogens is 2. The first-order valence-electron chi connectivity index (χ1n) is 4.56. The van der Waals surface area contributed by atoms with E-state index in [1.807, 2.05) is 0 Å². The second-order valence-electron chi connectivity index (χ2n) is 3.18. The molecule has 1 aromatic heterocycles. The molecule has 0 unspecified atom stereocenters. The van der Waals surface area contributed by atoms with Crippen LogP contribution in [0.2, 0.25) is 0 Å². The minimum atomic E-state index is -0.937. The Labute approximate surface area is 104 Å². The van der Waals surface area contributed by atoms with Crippen LogP contribution in [0.15, 0.2) is 29.0 Å². The maximum atomic E-state index is 13.0. The van der Waals surface area contributed by atoms with Crippen molar-refractivity contribution in [2.24, 2.45) is 0 Å². The number of nitrogens with zero attached hydrogens (tertiary/aromatic N) is 2. The fraction of sp³-hybridized carbons (Fsp3) is 0. The van der Waals surface area contributed by atoms with E-state index in [9.17, 15) is 8.78 Å². The van der Waals surface area contributed by atoms with E-state index < -0.39 is 11.6 Å². The third-order valence-corrected chi connectivity index (χ3v) is 2.78. The molecular formula is C10H7BrF2N4. The van der Waals surface area contributed by atoms with Gasteiger partial charge in [0.2, 0.25) is 0 Å². The van der Waals surface area contributed by atoms with Crippen molar-refractivity contribution in [3.63, 3.8) is 0 Å². The number of anilines is 3. The van der Waals surface area contributed by atoms with Crippen LogP contribution < -0.4 is 11.1 Å². The molecule has 3 N–H and O–H groups in total. The lowest BCUT2D eigenvalue weighted by molar-refractivity contribution is 0.509. The van der Waals surface area contributed by atoms with Gasteiger partial charge in [-0.2, -0.15) is 0 Å². The van der Waals surface area contributed by atoms with Crippen molar-refractivity contribution in [3.8, 4) is 0 Å². The lowest BCUT2D eigenvalue weighted by Crippen LogP contribution is -2.00. The van der Waals surface area contributed by atoms with Gasteiger partial charge in [-0.3, -0.25) is 0 Å². The number of benzene rings is 1. The van der Waals surface area contributed by atoms with Gasteiger partial charge in [-0.1, -0.05) is 0 Å². The monoisotopic (exact) mass is 300 g/mol. The minimum Gasteiger partial charge on any atom is -0.383 e. The van der Waals surface area contributed by atoms with E-state index in [0.717, 1.165) is 12.1 Å². The first-order chi connectivity index (χ1) is 8.08. The molecule has 0 radical (unpaired) electrons. The fourth-order valence-electron chi connectivity index (χ4n) is 1.18. The average molecular weight is 301 g/mol. The van der Waals surface area contributed by atoms with Crippen molar-refractivity contribution in [3.05, 3.63) is 40.6 Å². The maximum absolute atomic E-state index is 13.0. The molecule has 7 heteroatoms. The van der Waals surface area contributed by atoms with Crippen molar-refractivity contribution in [1.82, 2.24) is 9.97 Å². The lowest BCUT2D eigenvalue weighted by atomic mass is 10.3. The second kappa shape index (κ2) is 4.62. The number of nitrogens with one attached hydrogen (secondary N) is 1. The van der Waals surface area contributed by atoms with E-state index in [2.05, 4.69) is 31.2 Å². The number of hydrogen-bond acceptors (Lipinski definition) is 4. The highest BCUT2D eigenvalue weighted by molar-refractivity contribution is 9.10. The largest absolute Gasteiger partial charge is 0.383 e. The highest BCUT2D eigenvalue weighted by atomic mass is 79.9. The molecule has 0 atom stereocenters. The van der Waals surface area contributed by atoms with E-state index in [1.165, 1.54) is 12.4 Å². The van der Waals surface area contributed by atoms with Gasteiger partial charge in [0.1, 0.15) is 22.4 Å². The summed E-state index contributed by atoms with van der Waals surface area (Å²) in [4.78, 5) is 7.68. The Morgan fingerprint density at radius 1 is 1.18 bits per heavy atom. The van der Waals surface area contributed by atoms with Crippen molar-refractivity contribution >= 4 is 33.3 Å². The zero-order chi connectivity index (χ0) is 12.4. The van der Waals surface area contributed by atoms with Gasteiger partial charge in [0.25, 0.3) is 0 Å². The summed E-state index contributed by atoms with van der Waals surface area (Å²) in [7, 11) is 0. The number of hydrogen-bond donors (Lipinski definition) is 2. The normalized spacial score (nSPS) is 10.3. The van der Waals surface area contributed by atoms with Crippen LogP contribution in [0.3, 0.4) is 0 Å². The SMILES string of the molecule is Nc1ncnc(Nc2ccc(F)c(F)c2)c1Br. The molecule has 88 valence electrons. The van der Waals surface area contributed by atoms with Gasteiger partial charge in [-0.05, 0) is 28.1 Å². The molecule has 2 rings (SSSR count). The van der Waals surface area contributed by atoms with Crippen molar-refractivity contribution in [2.75, 3.05) is 11.1 Å². The molecular weight excluding hydrogens is 294 g/mol. The number of nitrogen functional groups attached to an aromatic ring is 1. The maximum Gasteiger partial charge on any atom is 0.160 e. The standard InChI is InChI=1S/C10H7BrF2N4/c11-8-9(14)15-4-16-10(8)17-5-1-2-6(12)7(13)3-5/h1-4H,(H3,14,15,16,17). The summed E-state index contributed by atoms with van der Waals surface area (Å²) in [5.41, 5.74) is 5.92. The molecule has 0 fully saturated rings. The van der Waals surface area contributed by atoms with Gasteiger partial charge in [0, 0.05) is 11.8 Å². The van der Waals surface area contributed by atoms with Crippen LogP contribution in [-0.2, 0) is 0 Å². The molecule has 0 amide bonds. The molecule has 0 spiro atoms. The van der Waals surface area contributed by atoms with Gasteiger partial charge in [-0.15, -0.1) is 0 Å². The molecule has 0 aliphatic rings. The Hall–Kier alpha value is -1.76. The Morgan fingerprint density at radius 2 is 1.94 bits per heavy atom. The molecule has 0 aliphatic carbocycles. The van der Waals surface area contributed by atoms with Crippen LogP contribution in [-0.4, -0.2) is 9.97 Å². The first kappa shape index (κ1) is 11.7. The lowest BCUT2D eigenvalue weighted by Gasteiger charge is -2.08. The number of nitrogens with two attached hydrogens (primary N) is 1. The van der Waals surface area contributed by atoms with E-state index >= 15 is 0 Å². The van der Waals surface area contributed by atoms with Gasteiger partial charge in [0.05, 0.1) is 0 Å². The van der Waals surface area contributed by atoms with Crippen LogP contribution in [0, 0.1) is 11.6 Å². The van der Waals surface area contributed by atoms with E-state index in [0.29, 0.717) is 16.0 Å². The molecule has 1 heterocycles. The highest BCUT2D eigenvalue weighted by Crippen LogP contribution is 2.27. The number of rotatable bonds is 2.